The second-order valence-corrected chi connectivity index (χ2v) is 6.26. The number of hydrogen-bond donors (Lipinski definition) is 2. The zero-order valence-electron chi connectivity index (χ0n) is 14.9. The van der Waals surface area contributed by atoms with E-state index in [2.05, 4.69) is 20.5 Å². The van der Waals surface area contributed by atoms with E-state index in [1.54, 1.807) is 47.4 Å². The van der Waals surface area contributed by atoms with E-state index in [0.717, 1.165) is 10.9 Å². The van der Waals surface area contributed by atoms with E-state index in [9.17, 15) is 9.59 Å². The SMILES string of the molecule is Cn1cc(-c2cccc(C(=O)Nc3ccc4nn(CC(=O)O)cc4c3)n2)cn1. The topological polar surface area (TPSA) is 115 Å². The molecule has 0 atom stereocenters. The van der Waals surface area contributed by atoms with E-state index < -0.39 is 5.97 Å². The molecule has 140 valence electrons. The third-order valence-corrected chi connectivity index (χ3v) is 4.09. The molecule has 28 heavy (non-hydrogen) atoms. The lowest BCUT2D eigenvalue weighted by Gasteiger charge is -2.06. The van der Waals surface area contributed by atoms with E-state index in [-0.39, 0.29) is 18.1 Å². The normalized spacial score (nSPS) is 10.9. The zero-order chi connectivity index (χ0) is 19.7. The molecule has 0 aliphatic heterocycles. The fraction of sp³-hybridized carbons (Fsp3) is 0.105. The van der Waals surface area contributed by atoms with Crippen molar-refractivity contribution in [3.8, 4) is 11.3 Å². The summed E-state index contributed by atoms with van der Waals surface area (Å²) in [4.78, 5) is 27.8. The monoisotopic (exact) mass is 376 g/mol. The molecule has 3 aromatic heterocycles. The van der Waals surface area contributed by atoms with E-state index in [1.165, 1.54) is 4.68 Å². The predicted octanol–water partition coefficient (Wildman–Crippen LogP) is 2.17. The molecule has 0 saturated heterocycles. The Morgan fingerprint density at radius 3 is 2.79 bits per heavy atom. The van der Waals surface area contributed by atoms with Gasteiger partial charge < -0.3 is 10.4 Å². The summed E-state index contributed by atoms with van der Waals surface area (Å²) in [7, 11) is 1.81. The van der Waals surface area contributed by atoms with Crippen LogP contribution < -0.4 is 5.32 Å². The molecule has 0 fully saturated rings. The number of rotatable bonds is 5. The summed E-state index contributed by atoms with van der Waals surface area (Å²) >= 11 is 0. The van der Waals surface area contributed by atoms with Crippen LogP contribution in [0.25, 0.3) is 22.2 Å². The van der Waals surface area contributed by atoms with Crippen molar-refractivity contribution in [1.29, 1.82) is 0 Å². The van der Waals surface area contributed by atoms with Crippen molar-refractivity contribution in [2.45, 2.75) is 6.54 Å². The Labute approximate surface area is 159 Å². The van der Waals surface area contributed by atoms with Gasteiger partial charge in [0.25, 0.3) is 5.91 Å². The van der Waals surface area contributed by atoms with Crippen molar-refractivity contribution >= 4 is 28.5 Å². The third kappa shape index (κ3) is 3.58. The largest absolute Gasteiger partial charge is 0.480 e. The highest BCUT2D eigenvalue weighted by atomic mass is 16.4. The standard InChI is InChI=1S/C19H16N6O3/c1-24-9-13(8-20-24)15-3-2-4-17(22-15)19(28)21-14-5-6-16-12(7-14)10-25(23-16)11-18(26)27/h2-10H,11H2,1H3,(H,21,28)(H,26,27). The minimum Gasteiger partial charge on any atom is -0.480 e. The first kappa shape index (κ1) is 17.4. The average Bonchev–Trinajstić information content (AvgIpc) is 3.26. The van der Waals surface area contributed by atoms with Crippen molar-refractivity contribution in [1.82, 2.24) is 24.5 Å². The Kier molecular flexibility index (Phi) is 4.32. The number of carbonyl (C=O) groups is 2. The van der Waals surface area contributed by atoms with Crippen molar-refractivity contribution in [3.05, 3.63) is 60.7 Å². The maximum atomic E-state index is 12.6. The van der Waals surface area contributed by atoms with E-state index in [4.69, 9.17) is 5.11 Å². The molecule has 0 bridgehead atoms. The van der Waals surface area contributed by atoms with Crippen molar-refractivity contribution in [2.24, 2.45) is 7.05 Å². The van der Waals surface area contributed by atoms with Crippen LogP contribution in [0.4, 0.5) is 5.69 Å². The molecule has 9 heteroatoms. The minimum absolute atomic E-state index is 0.221. The molecule has 0 saturated carbocycles. The highest BCUT2D eigenvalue weighted by Crippen LogP contribution is 2.20. The van der Waals surface area contributed by atoms with Gasteiger partial charge in [-0.3, -0.25) is 19.0 Å². The van der Waals surface area contributed by atoms with Gasteiger partial charge in [0.05, 0.1) is 17.4 Å². The van der Waals surface area contributed by atoms with Crippen LogP contribution in [-0.4, -0.2) is 41.5 Å². The molecule has 1 aromatic carbocycles. The summed E-state index contributed by atoms with van der Waals surface area (Å²) < 4.78 is 3.01. The van der Waals surface area contributed by atoms with Gasteiger partial charge in [0, 0.05) is 36.1 Å². The first-order valence-electron chi connectivity index (χ1n) is 8.44. The van der Waals surface area contributed by atoms with Crippen LogP contribution in [0, 0.1) is 0 Å². The summed E-state index contributed by atoms with van der Waals surface area (Å²) in [6.45, 7) is -0.221. The maximum Gasteiger partial charge on any atom is 0.325 e. The summed E-state index contributed by atoms with van der Waals surface area (Å²) in [6.07, 6.45) is 5.14. The van der Waals surface area contributed by atoms with Gasteiger partial charge in [0.1, 0.15) is 12.2 Å². The molecule has 0 unspecified atom stereocenters. The highest BCUT2D eigenvalue weighted by molar-refractivity contribution is 6.04. The lowest BCUT2D eigenvalue weighted by Crippen LogP contribution is -2.13. The Morgan fingerprint density at radius 1 is 1.18 bits per heavy atom. The Morgan fingerprint density at radius 2 is 2.04 bits per heavy atom. The Bertz CT molecular complexity index is 1190. The van der Waals surface area contributed by atoms with Crippen LogP contribution in [0.2, 0.25) is 0 Å². The van der Waals surface area contributed by atoms with Crippen LogP contribution >= 0.6 is 0 Å². The smallest absolute Gasteiger partial charge is 0.325 e. The molecule has 0 aliphatic rings. The highest BCUT2D eigenvalue weighted by Gasteiger charge is 2.11. The number of carbonyl (C=O) groups excluding carboxylic acids is 1. The second-order valence-electron chi connectivity index (χ2n) is 6.26. The number of carboxylic acids is 1. The Balaban J connectivity index is 1.55. The van der Waals surface area contributed by atoms with Crippen LogP contribution in [-0.2, 0) is 18.4 Å². The fourth-order valence-electron chi connectivity index (χ4n) is 2.84. The van der Waals surface area contributed by atoms with E-state index in [0.29, 0.717) is 16.9 Å². The molecular formula is C19H16N6O3. The summed E-state index contributed by atoms with van der Waals surface area (Å²) in [5, 5.41) is 20.7. The van der Waals surface area contributed by atoms with Crippen LogP contribution in [0.5, 0.6) is 0 Å². The molecular weight excluding hydrogens is 360 g/mol. The third-order valence-electron chi connectivity index (χ3n) is 4.09. The average molecular weight is 376 g/mol. The molecule has 1 amide bonds. The van der Waals surface area contributed by atoms with E-state index in [1.807, 2.05) is 19.3 Å². The number of fused-ring (bicyclic) bond motifs is 1. The number of aliphatic carboxylic acids is 1. The summed E-state index contributed by atoms with van der Waals surface area (Å²) in [5.74, 6) is -1.32. The second kappa shape index (κ2) is 6.95. The summed E-state index contributed by atoms with van der Waals surface area (Å²) in [5.41, 5.74) is 2.98. The Hall–Kier alpha value is -4.01. The molecule has 4 rings (SSSR count). The number of benzene rings is 1. The van der Waals surface area contributed by atoms with Crippen LogP contribution in [0.15, 0.2) is 55.0 Å². The van der Waals surface area contributed by atoms with Gasteiger partial charge in [0.15, 0.2) is 0 Å². The molecule has 4 aromatic rings. The predicted molar refractivity (Wildman–Crippen MR) is 102 cm³/mol. The van der Waals surface area contributed by atoms with Gasteiger partial charge in [-0.05, 0) is 30.3 Å². The van der Waals surface area contributed by atoms with Gasteiger partial charge in [-0.2, -0.15) is 10.2 Å². The zero-order valence-corrected chi connectivity index (χ0v) is 14.9. The van der Waals surface area contributed by atoms with Crippen molar-refractivity contribution in [2.75, 3.05) is 5.32 Å². The number of nitrogens with one attached hydrogen (secondary N) is 1. The van der Waals surface area contributed by atoms with Crippen LogP contribution in [0.1, 0.15) is 10.5 Å². The molecule has 3 heterocycles. The van der Waals surface area contributed by atoms with Gasteiger partial charge in [-0.15, -0.1) is 0 Å². The first-order valence-corrected chi connectivity index (χ1v) is 8.44. The minimum atomic E-state index is -0.971. The lowest BCUT2D eigenvalue weighted by molar-refractivity contribution is -0.137. The number of hydrogen-bond acceptors (Lipinski definition) is 5. The number of aryl methyl sites for hydroxylation is 1. The van der Waals surface area contributed by atoms with E-state index >= 15 is 0 Å². The van der Waals surface area contributed by atoms with Gasteiger partial charge in [-0.25, -0.2) is 4.98 Å². The first-order chi connectivity index (χ1) is 13.5. The molecule has 0 radical (unpaired) electrons. The van der Waals surface area contributed by atoms with Gasteiger partial charge >= 0.3 is 5.97 Å². The van der Waals surface area contributed by atoms with Gasteiger partial charge in [0.2, 0.25) is 0 Å². The summed E-state index contributed by atoms with van der Waals surface area (Å²) in [6, 6.07) is 10.4. The van der Waals surface area contributed by atoms with Crippen molar-refractivity contribution < 1.29 is 14.7 Å². The van der Waals surface area contributed by atoms with Crippen LogP contribution in [0.3, 0.4) is 0 Å². The fourth-order valence-corrected chi connectivity index (χ4v) is 2.84. The number of pyridine rings is 1. The number of aromatic nitrogens is 5. The number of carboxylic acid groups (broad SMARTS) is 1. The lowest BCUT2D eigenvalue weighted by atomic mass is 10.2. The molecule has 2 N–H and O–H groups in total. The molecule has 9 nitrogen and oxygen atoms in total. The van der Waals surface area contributed by atoms with Crippen molar-refractivity contribution in [3.63, 3.8) is 0 Å². The number of anilines is 1. The number of amides is 1. The molecule has 0 spiro atoms. The molecule has 0 aliphatic carbocycles. The quantitative estimate of drug-likeness (QED) is 0.552. The number of nitrogens with zero attached hydrogens (tertiary/aromatic N) is 5. The van der Waals surface area contributed by atoms with Gasteiger partial charge in [-0.1, -0.05) is 6.07 Å². The maximum absolute atomic E-state index is 12.6.